The van der Waals surface area contributed by atoms with Crippen LogP contribution in [0.2, 0.25) is 0 Å². The number of cyclic esters (lactones) is 1. The van der Waals surface area contributed by atoms with Crippen LogP contribution in [0, 0.1) is 0 Å². The van der Waals surface area contributed by atoms with Crippen molar-refractivity contribution in [2.45, 2.75) is 38.3 Å². The summed E-state index contributed by atoms with van der Waals surface area (Å²) in [6.45, 7) is 4.32. The van der Waals surface area contributed by atoms with Crippen LogP contribution in [0.3, 0.4) is 0 Å². The molecular formula is C10H18N2O2. The molecule has 0 saturated carbocycles. The topological polar surface area (TPSA) is 41.6 Å². The van der Waals surface area contributed by atoms with Gasteiger partial charge in [-0.15, -0.1) is 0 Å². The van der Waals surface area contributed by atoms with Crippen molar-refractivity contribution < 1.29 is 9.53 Å². The number of carbonyl (C=O) groups is 1. The molecule has 0 aromatic carbocycles. The Morgan fingerprint density at radius 1 is 1.57 bits per heavy atom. The number of nitrogens with zero attached hydrogens (tertiary/aromatic N) is 1. The highest BCUT2D eigenvalue weighted by atomic mass is 16.6. The van der Waals surface area contributed by atoms with Gasteiger partial charge in [-0.05, 0) is 19.8 Å². The summed E-state index contributed by atoms with van der Waals surface area (Å²) in [5.74, 6) is 0. The second-order valence-electron chi connectivity index (χ2n) is 4.26. The van der Waals surface area contributed by atoms with Gasteiger partial charge in [0.2, 0.25) is 0 Å². The lowest BCUT2D eigenvalue weighted by Crippen LogP contribution is -2.47. The van der Waals surface area contributed by atoms with Crippen LogP contribution < -0.4 is 5.32 Å². The highest BCUT2D eigenvalue weighted by molar-refractivity contribution is 5.69. The van der Waals surface area contributed by atoms with E-state index in [0.717, 1.165) is 13.1 Å². The third-order valence-corrected chi connectivity index (χ3v) is 3.00. The maximum absolute atomic E-state index is 11.2. The molecule has 0 spiro atoms. The SMILES string of the molecule is CC1CCCC(CN2CCOC2=O)N1. The summed E-state index contributed by atoms with van der Waals surface area (Å²) in [6.07, 6.45) is 3.54. The maximum Gasteiger partial charge on any atom is 0.409 e. The number of piperidine rings is 1. The zero-order chi connectivity index (χ0) is 9.97. The van der Waals surface area contributed by atoms with Crippen LogP contribution >= 0.6 is 0 Å². The zero-order valence-corrected chi connectivity index (χ0v) is 8.66. The number of hydrogen-bond acceptors (Lipinski definition) is 3. The molecule has 2 heterocycles. The molecule has 4 nitrogen and oxygen atoms in total. The highest BCUT2D eigenvalue weighted by Gasteiger charge is 2.26. The third-order valence-electron chi connectivity index (χ3n) is 3.00. The Balaban J connectivity index is 1.81. The van der Waals surface area contributed by atoms with Crippen LogP contribution in [0.5, 0.6) is 0 Å². The monoisotopic (exact) mass is 198 g/mol. The minimum Gasteiger partial charge on any atom is -0.448 e. The number of hydrogen-bond donors (Lipinski definition) is 1. The third kappa shape index (κ3) is 2.18. The van der Waals surface area contributed by atoms with Crippen LogP contribution in [0.25, 0.3) is 0 Å². The standard InChI is InChI=1S/C10H18N2O2/c1-8-3-2-4-9(11-8)7-12-5-6-14-10(12)13/h8-9,11H,2-7H2,1H3. The van der Waals surface area contributed by atoms with E-state index in [1.54, 1.807) is 4.90 Å². The summed E-state index contributed by atoms with van der Waals surface area (Å²) in [6, 6.07) is 1.05. The Hall–Kier alpha value is -0.770. The fourth-order valence-electron chi connectivity index (χ4n) is 2.24. The predicted molar refractivity (Wildman–Crippen MR) is 53.2 cm³/mol. The molecule has 0 aliphatic carbocycles. The molecule has 1 amide bonds. The molecule has 80 valence electrons. The molecule has 2 aliphatic heterocycles. The van der Waals surface area contributed by atoms with Gasteiger partial charge in [0.1, 0.15) is 6.61 Å². The number of amides is 1. The van der Waals surface area contributed by atoms with E-state index in [2.05, 4.69) is 12.2 Å². The molecule has 14 heavy (non-hydrogen) atoms. The Bertz CT molecular complexity index is 220. The van der Waals surface area contributed by atoms with Crippen LogP contribution in [0.1, 0.15) is 26.2 Å². The molecule has 2 atom stereocenters. The molecule has 1 N–H and O–H groups in total. The summed E-state index contributed by atoms with van der Waals surface area (Å²) in [4.78, 5) is 13.0. The summed E-state index contributed by atoms with van der Waals surface area (Å²) in [7, 11) is 0. The fraction of sp³-hybridized carbons (Fsp3) is 0.900. The van der Waals surface area contributed by atoms with Crippen molar-refractivity contribution in [2.75, 3.05) is 19.7 Å². The van der Waals surface area contributed by atoms with Crippen molar-refractivity contribution in [1.82, 2.24) is 10.2 Å². The highest BCUT2D eigenvalue weighted by Crippen LogP contribution is 2.14. The van der Waals surface area contributed by atoms with E-state index in [9.17, 15) is 4.79 Å². The number of nitrogens with one attached hydrogen (secondary N) is 1. The van der Waals surface area contributed by atoms with E-state index in [-0.39, 0.29) is 6.09 Å². The largest absolute Gasteiger partial charge is 0.448 e. The first-order valence-corrected chi connectivity index (χ1v) is 5.43. The lowest BCUT2D eigenvalue weighted by atomic mass is 9.99. The van der Waals surface area contributed by atoms with E-state index in [4.69, 9.17) is 4.74 Å². The molecule has 0 aromatic rings. The average Bonchev–Trinajstić information content (AvgIpc) is 2.52. The van der Waals surface area contributed by atoms with Crippen LogP contribution in [-0.2, 0) is 4.74 Å². The van der Waals surface area contributed by atoms with Crippen LogP contribution in [-0.4, -0.2) is 42.8 Å². The molecule has 0 radical (unpaired) electrons. The Morgan fingerprint density at radius 2 is 2.43 bits per heavy atom. The van der Waals surface area contributed by atoms with Crippen molar-refractivity contribution in [2.24, 2.45) is 0 Å². The Morgan fingerprint density at radius 3 is 3.07 bits per heavy atom. The van der Waals surface area contributed by atoms with E-state index in [1.165, 1.54) is 19.3 Å². The summed E-state index contributed by atoms with van der Waals surface area (Å²) in [5, 5.41) is 3.51. The van der Waals surface area contributed by atoms with E-state index in [1.807, 2.05) is 0 Å². The Kier molecular flexibility index (Phi) is 2.91. The number of rotatable bonds is 2. The lowest BCUT2D eigenvalue weighted by molar-refractivity contribution is 0.153. The minimum atomic E-state index is -0.148. The van der Waals surface area contributed by atoms with Crippen molar-refractivity contribution in [3.63, 3.8) is 0 Å². The van der Waals surface area contributed by atoms with Crippen molar-refractivity contribution in [3.05, 3.63) is 0 Å². The van der Waals surface area contributed by atoms with Crippen molar-refractivity contribution in [1.29, 1.82) is 0 Å². The van der Waals surface area contributed by atoms with Gasteiger partial charge in [-0.2, -0.15) is 0 Å². The van der Waals surface area contributed by atoms with Gasteiger partial charge in [0.05, 0.1) is 6.54 Å². The Labute approximate surface area is 84.6 Å². The van der Waals surface area contributed by atoms with E-state index >= 15 is 0 Å². The van der Waals surface area contributed by atoms with Gasteiger partial charge in [0, 0.05) is 18.6 Å². The second-order valence-corrected chi connectivity index (χ2v) is 4.26. The predicted octanol–water partition coefficient (Wildman–Crippen LogP) is 0.969. The molecule has 0 aromatic heterocycles. The summed E-state index contributed by atoms with van der Waals surface area (Å²) >= 11 is 0. The molecule has 2 aliphatic rings. The summed E-state index contributed by atoms with van der Waals surface area (Å²) < 4.78 is 4.89. The van der Waals surface area contributed by atoms with Gasteiger partial charge in [-0.3, -0.25) is 0 Å². The van der Waals surface area contributed by atoms with Gasteiger partial charge in [0.25, 0.3) is 0 Å². The minimum absolute atomic E-state index is 0.148. The summed E-state index contributed by atoms with van der Waals surface area (Å²) in [5.41, 5.74) is 0. The molecule has 2 rings (SSSR count). The molecule has 2 saturated heterocycles. The average molecular weight is 198 g/mol. The number of carbonyl (C=O) groups excluding carboxylic acids is 1. The van der Waals surface area contributed by atoms with E-state index < -0.39 is 0 Å². The molecule has 0 bridgehead atoms. The second kappa shape index (κ2) is 4.17. The van der Waals surface area contributed by atoms with Crippen molar-refractivity contribution >= 4 is 6.09 Å². The molecular weight excluding hydrogens is 180 g/mol. The normalized spacial score (nSPS) is 33.2. The van der Waals surface area contributed by atoms with E-state index in [0.29, 0.717) is 18.7 Å². The lowest BCUT2D eigenvalue weighted by Gasteiger charge is -2.30. The first-order chi connectivity index (χ1) is 6.75. The zero-order valence-electron chi connectivity index (χ0n) is 8.66. The molecule has 2 fully saturated rings. The molecule has 4 heteroatoms. The van der Waals surface area contributed by atoms with Gasteiger partial charge in [-0.1, -0.05) is 6.42 Å². The van der Waals surface area contributed by atoms with Gasteiger partial charge >= 0.3 is 6.09 Å². The van der Waals surface area contributed by atoms with Gasteiger partial charge in [0.15, 0.2) is 0 Å². The van der Waals surface area contributed by atoms with Crippen molar-refractivity contribution in [3.8, 4) is 0 Å². The van der Waals surface area contributed by atoms with Crippen LogP contribution in [0.4, 0.5) is 4.79 Å². The number of ether oxygens (including phenoxy) is 1. The van der Waals surface area contributed by atoms with Crippen LogP contribution in [0.15, 0.2) is 0 Å². The maximum atomic E-state index is 11.2. The quantitative estimate of drug-likeness (QED) is 0.719. The first-order valence-electron chi connectivity index (χ1n) is 5.43. The first kappa shape index (κ1) is 9.77. The van der Waals surface area contributed by atoms with Gasteiger partial charge in [-0.25, -0.2) is 4.79 Å². The van der Waals surface area contributed by atoms with Gasteiger partial charge < -0.3 is 15.0 Å². The smallest absolute Gasteiger partial charge is 0.409 e. The molecule has 2 unspecified atom stereocenters. The fourth-order valence-corrected chi connectivity index (χ4v) is 2.24.